The van der Waals surface area contributed by atoms with E-state index in [4.69, 9.17) is 14.2 Å². The van der Waals surface area contributed by atoms with Crippen molar-refractivity contribution >= 4 is 24.3 Å². The molecule has 0 saturated heterocycles. The Kier molecular flexibility index (Phi) is 6.05. The van der Waals surface area contributed by atoms with Gasteiger partial charge in [0.2, 0.25) is 0 Å². The van der Waals surface area contributed by atoms with Crippen molar-refractivity contribution in [2.24, 2.45) is 0 Å². The van der Waals surface area contributed by atoms with Crippen LogP contribution in [0.3, 0.4) is 0 Å². The summed E-state index contributed by atoms with van der Waals surface area (Å²) in [5, 5.41) is 0. The van der Waals surface area contributed by atoms with E-state index in [1.807, 2.05) is 26.0 Å². The minimum absolute atomic E-state index is 0.271. The zero-order valence-corrected chi connectivity index (χ0v) is 16.0. The summed E-state index contributed by atoms with van der Waals surface area (Å²) >= 11 is 0.930. The summed E-state index contributed by atoms with van der Waals surface area (Å²) in [6, 6.07) is 5.48. The maximum atomic E-state index is 12.4. The van der Waals surface area contributed by atoms with E-state index < -0.39 is 12.2 Å². The summed E-state index contributed by atoms with van der Waals surface area (Å²) in [6.07, 6.45) is -0.347. The van der Waals surface area contributed by atoms with E-state index in [-0.39, 0.29) is 12.2 Å². The van der Waals surface area contributed by atoms with E-state index >= 15 is 0 Å². The molecule has 1 heterocycles. The molecule has 1 aromatic rings. The number of hydrogen-bond acceptors (Lipinski definition) is 6. The van der Waals surface area contributed by atoms with Gasteiger partial charge in [0.1, 0.15) is 5.60 Å². The molecule has 0 N–H and O–H groups in total. The number of rotatable bonds is 5. The van der Waals surface area contributed by atoms with Gasteiger partial charge in [-0.15, -0.1) is 0 Å². The van der Waals surface area contributed by atoms with E-state index in [1.165, 1.54) is 15.7 Å². The zero-order valence-electron chi connectivity index (χ0n) is 15.2. The molecule has 1 aliphatic heterocycles. The first-order valence-electron chi connectivity index (χ1n) is 8.16. The molecule has 0 aliphatic carbocycles. The number of benzene rings is 1. The van der Waals surface area contributed by atoms with Gasteiger partial charge >= 0.3 is 12.2 Å². The first kappa shape index (κ1) is 19.2. The molecular formula is C17H24N2O5S. The number of para-hydroxylation sites is 1. The highest BCUT2D eigenvalue weighted by Crippen LogP contribution is 2.42. The topological polar surface area (TPSA) is 68.3 Å². The number of nitrogens with zero attached hydrogens (tertiary/aromatic N) is 2. The molecule has 0 unspecified atom stereocenters. The van der Waals surface area contributed by atoms with E-state index in [1.54, 1.807) is 19.9 Å². The second-order valence-corrected chi connectivity index (χ2v) is 7.28. The normalized spacial score (nSPS) is 14.3. The van der Waals surface area contributed by atoms with Gasteiger partial charge in [0.25, 0.3) is 0 Å². The highest BCUT2D eigenvalue weighted by Gasteiger charge is 2.33. The Bertz CT molecular complexity index is 650. The highest BCUT2D eigenvalue weighted by molar-refractivity contribution is 7.95. The minimum Gasteiger partial charge on any atom is -0.483 e. The van der Waals surface area contributed by atoms with Crippen molar-refractivity contribution < 1.29 is 23.8 Å². The zero-order chi connectivity index (χ0) is 18.6. The third kappa shape index (κ3) is 4.72. The number of hydrogen-bond donors (Lipinski definition) is 0. The molecule has 1 aromatic carbocycles. The lowest BCUT2D eigenvalue weighted by molar-refractivity contribution is 0.130. The standard InChI is InChI=1S/C17H24N2O5S/c1-6-19(16(21)22-7-2)25-18(5)15(20)23-13-10-8-9-12-11-17(3,4)24-14(12)13/h8-10H,6-7,11H2,1-5H3. The van der Waals surface area contributed by atoms with E-state index in [9.17, 15) is 9.59 Å². The van der Waals surface area contributed by atoms with E-state index in [2.05, 4.69) is 0 Å². The molecule has 0 spiro atoms. The van der Waals surface area contributed by atoms with Gasteiger partial charge in [-0.1, -0.05) is 12.1 Å². The van der Waals surface area contributed by atoms with Crippen LogP contribution < -0.4 is 9.47 Å². The third-order valence-electron chi connectivity index (χ3n) is 3.49. The number of carbonyl (C=O) groups is 2. The van der Waals surface area contributed by atoms with Gasteiger partial charge in [0.05, 0.1) is 18.7 Å². The van der Waals surface area contributed by atoms with Crippen molar-refractivity contribution in [3.63, 3.8) is 0 Å². The van der Waals surface area contributed by atoms with Crippen LogP contribution in [0, 0.1) is 0 Å². The van der Waals surface area contributed by atoms with Gasteiger partial charge in [-0.05, 0) is 33.8 Å². The van der Waals surface area contributed by atoms with Crippen molar-refractivity contribution in [1.29, 1.82) is 0 Å². The van der Waals surface area contributed by atoms with Crippen molar-refractivity contribution in [3.05, 3.63) is 23.8 Å². The first-order chi connectivity index (χ1) is 11.8. The summed E-state index contributed by atoms with van der Waals surface area (Å²) in [5.74, 6) is 0.969. The van der Waals surface area contributed by atoms with Gasteiger partial charge in [-0.3, -0.25) is 0 Å². The molecule has 2 amide bonds. The smallest absolute Gasteiger partial charge is 0.426 e. The summed E-state index contributed by atoms with van der Waals surface area (Å²) < 4.78 is 18.9. The quantitative estimate of drug-likeness (QED) is 0.735. The van der Waals surface area contributed by atoms with Crippen LogP contribution in [0.25, 0.3) is 0 Å². The predicted octanol–water partition coefficient (Wildman–Crippen LogP) is 3.87. The number of ether oxygens (including phenoxy) is 3. The fraction of sp³-hybridized carbons (Fsp3) is 0.529. The molecular weight excluding hydrogens is 344 g/mol. The molecule has 7 nitrogen and oxygen atoms in total. The minimum atomic E-state index is -0.602. The maximum absolute atomic E-state index is 12.4. The molecule has 2 rings (SSSR count). The molecule has 0 radical (unpaired) electrons. The Balaban J connectivity index is 2.03. The van der Waals surface area contributed by atoms with Gasteiger partial charge in [-0.2, -0.15) is 0 Å². The van der Waals surface area contributed by atoms with Crippen LogP contribution in [0.5, 0.6) is 11.5 Å². The molecule has 0 atom stereocenters. The Morgan fingerprint density at radius 2 is 2.00 bits per heavy atom. The predicted molar refractivity (Wildman–Crippen MR) is 95.6 cm³/mol. The molecule has 1 aliphatic rings. The van der Waals surface area contributed by atoms with Crippen molar-refractivity contribution in [2.75, 3.05) is 20.2 Å². The summed E-state index contributed by atoms with van der Waals surface area (Å²) in [4.78, 5) is 24.2. The molecule has 0 saturated carbocycles. The maximum Gasteiger partial charge on any atom is 0.426 e. The van der Waals surface area contributed by atoms with Gasteiger partial charge < -0.3 is 14.2 Å². The molecule has 0 bridgehead atoms. The average molecular weight is 368 g/mol. The van der Waals surface area contributed by atoms with Crippen molar-refractivity contribution in [1.82, 2.24) is 8.61 Å². The van der Waals surface area contributed by atoms with Gasteiger partial charge in [0.15, 0.2) is 11.5 Å². The lowest BCUT2D eigenvalue weighted by atomic mass is 10.0. The number of carbonyl (C=O) groups excluding carboxylic acids is 2. The van der Waals surface area contributed by atoms with E-state index in [0.717, 1.165) is 24.1 Å². The fourth-order valence-corrected chi connectivity index (χ4v) is 3.06. The summed E-state index contributed by atoms with van der Waals surface area (Å²) in [7, 11) is 1.53. The van der Waals surface area contributed by atoms with Gasteiger partial charge in [-0.25, -0.2) is 18.2 Å². The molecule has 25 heavy (non-hydrogen) atoms. The highest BCUT2D eigenvalue weighted by atomic mass is 32.2. The SMILES string of the molecule is CCOC(=O)N(CC)SN(C)C(=O)Oc1cccc2c1OC(C)(C)C2. The number of amides is 2. The van der Waals surface area contributed by atoms with E-state index in [0.29, 0.717) is 18.0 Å². The van der Waals surface area contributed by atoms with Crippen LogP contribution in [0.1, 0.15) is 33.3 Å². The van der Waals surface area contributed by atoms with Gasteiger partial charge in [0, 0.05) is 25.6 Å². The fourth-order valence-electron chi connectivity index (χ4n) is 2.42. The summed E-state index contributed by atoms with van der Waals surface area (Å²) in [6.45, 7) is 8.15. The molecule has 138 valence electrons. The molecule has 0 aromatic heterocycles. The first-order valence-corrected chi connectivity index (χ1v) is 8.89. The van der Waals surface area contributed by atoms with Crippen LogP contribution in [0.15, 0.2) is 18.2 Å². The largest absolute Gasteiger partial charge is 0.483 e. The third-order valence-corrected chi connectivity index (χ3v) is 4.49. The Morgan fingerprint density at radius 3 is 2.64 bits per heavy atom. The van der Waals surface area contributed by atoms with Crippen LogP contribution in [-0.2, 0) is 11.2 Å². The second-order valence-electron chi connectivity index (χ2n) is 6.12. The second kappa shape index (κ2) is 7.86. The Hall–Kier alpha value is -2.09. The summed E-state index contributed by atoms with van der Waals surface area (Å²) in [5.41, 5.74) is 0.682. The average Bonchev–Trinajstić information content (AvgIpc) is 2.87. The Labute approximate surface area is 152 Å². The number of fused-ring (bicyclic) bond motifs is 1. The van der Waals surface area contributed by atoms with Crippen LogP contribution >= 0.6 is 12.1 Å². The van der Waals surface area contributed by atoms with Crippen molar-refractivity contribution in [2.45, 2.75) is 39.7 Å². The van der Waals surface area contributed by atoms with Crippen LogP contribution in [0.2, 0.25) is 0 Å². The van der Waals surface area contributed by atoms with Crippen LogP contribution in [0.4, 0.5) is 9.59 Å². The lowest BCUT2D eigenvalue weighted by Crippen LogP contribution is -2.33. The molecule has 0 fully saturated rings. The monoisotopic (exact) mass is 368 g/mol. The Morgan fingerprint density at radius 1 is 1.28 bits per heavy atom. The lowest BCUT2D eigenvalue weighted by Gasteiger charge is -2.24. The molecule has 8 heteroatoms. The van der Waals surface area contributed by atoms with Crippen LogP contribution in [-0.4, -0.2) is 46.6 Å². The van der Waals surface area contributed by atoms with Crippen molar-refractivity contribution in [3.8, 4) is 11.5 Å².